The number of hydrogen-bond donors (Lipinski definition) is 1. The Kier molecular flexibility index (Phi) is 3.93. The second-order valence-electron chi connectivity index (χ2n) is 5.54. The van der Waals surface area contributed by atoms with E-state index in [-0.39, 0.29) is 15.8 Å². The number of hydrogen-bond acceptors (Lipinski definition) is 5. The second-order valence-corrected chi connectivity index (χ2v) is 7.91. The van der Waals surface area contributed by atoms with Crippen LogP contribution in [0.25, 0.3) is 11.0 Å². The highest BCUT2D eigenvalue weighted by molar-refractivity contribution is 7.90. The lowest BCUT2D eigenvalue weighted by Gasteiger charge is -2.03. The van der Waals surface area contributed by atoms with Crippen LogP contribution in [0.2, 0.25) is 5.15 Å². The third-order valence-corrected chi connectivity index (χ3v) is 5.07. The fourth-order valence-electron chi connectivity index (χ4n) is 2.53. The van der Waals surface area contributed by atoms with Crippen molar-refractivity contribution in [2.75, 3.05) is 6.26 Å². The first-order chi connectivity index (χ1) is 11.2. The molecule has 6 nitrogen and oxygen atoms in total. The van der Waals surface area contributed by atoms with E-state index in [0.29, 0.717) is 33.7 Å². The van der Waals surface area contributed by atoms with Crippen molar-refractivity contribution in [1.82, 2.24) is 15.0 Å². The number of fused-ring (bicyclic) bond motifs is 1. The van der Waals surface area contributed by atoms with Crippen LogP contribution in [0.15, 0.2) is 29.2 Å². The summed E-state index contributed by atoms with van der Waals surface area (Å²) in [5, 5.41) is 0.257. The Labute approximate surface area is 143 Å². The number of benzene rings is 1. The van der Waals surface area contributed by atoms with Crippen molar-refractivity contribution < 1.29 is 13.2 Å². The Morgan fingerprint density at radius 2 is 1.75 bits per heavy atom. The van der Waals surface area contributed by atoms with Crippen molar-refractivity contribution in [2.24, 2.45) is 0 Å². The molecule has 124 valence electrons. The van der Waals surface area contributed by atoms with Gasteiger partial charge < -0.3 is 4.98 Å². The number of nitrogens with zero attached hydrogens (tertiary/aromatic N) is 2. The number of halogens is 1. The van der Waals surface area contributed by atoms with Crippen LogP contribution >= 0.6 is 11.6 Å². The minimum atomic E-state index is -3.31. The molecule has 0 fully saturated rings. The zero-order chi connectivity index (χ0) is 17.6. The van der Waals surface area contributed by atoms with Crippen LogP contribution in [0.4, 0.5) is 0 Å². The zero-order valence-electron chi connectivity index (χ0n) is 13.2. The molecule has 0 amide bonds. The fourth-order valence-corrected chi connectivity index (χ4v) is 3.42. The van der Waals surface area contributed by atoms with Crippen LogP contribution in [0.1, 0.15) is 27.4 Å². The van der Waals surface area contributed by atoms with Gasteiger partial charge in [0.05, 0.1) is 10.5 Å². The summed E-state index contributed by atoms with van der Waals surface area (Å²) in [6, 6.07) is 5.82. The number of rotatable bonds is 3. The summed E-state index contributed by atoms with van der Waals surface area (Å²) in [4.78, 5) is 24.4. The van der Waals surface area contributed by atoms with Crippen LogP contribution in [-0.4, -0.2) is 35.4 Å². The van der Waals surface area contributed by atoms with E-state index in [9.17, 15) is 13.2 Å². The molecule has 0 saturated carbocycles. The predicted octanol–water partition coefficient (Wildman–Crippen LogP) is 2.86. The predicted molar refractivity (Wildman–Crippen MR) is 91.4 cm³/mol. The maximum absolute atomic E-state index is 12.9. The van der Waals surface area contributed by atoms with Crippen molar-refractivity contribution in [3.63, 3.8) is 0 Å². The monoisotopic (exact) mass is 363 g/mol. The number of ketones is 1. The molecular formula is C16H14ClN3O3S. The van der Waals surface area contributed by atoms with Gasteiger partial charge >= 0.3 is 0 Å². The third-order valence-electron chi connectivity index (χ3n) is 3.67. The zero-order valence-corrected chi connectivity index (χ0v) is 14.8. The number of aromatic nitrogens is 3. The van der Waals surface area contributed by atoms with Crippen molar-refractivity contribution in [1.29, 1.82) is 0 Å². The number of nitrogens with one attached hydrogen (secondary N) is 1. The van der Waals surface area contributed by atoms with Gasteiger partial charge in [-0.1, -0.05) is 11.6 Å². The summed E-state index contributed by atoms with van der Waals surface area (Å²) in [6.07, 6.45) is 1.12. The number of sulfone groups is 1. The average molecular weight is 364 g/mol. The lowest BCUT2D eigenvalue weighted by molar-refractivity contribution is 0.103. The van der Waals surface area contributed by atoms with Gasteiger partial charge in [-0.3, -0.25) is 4.79 Å². The first-order valence-electron chi connectivity index (χ1n) is 7.05. The lowest BCUT2D eigenvalue weighted by Crippen LogP contribution is -2.05. The van der Waals surface area contributed by atoms with Gasteiger partial charge in [0.15, 0.2) is 20.8 Å². The SMILES string of the molecule is Cc1nc(Cl)c2[nH]c(C)c(C(=O)c3ccc(S(C)(=O)=O)cc3)c2n1. The summed E-state index contributed by atoms with van der Waals surface area (Å²) >= 11 is 6.11. The largest absolute Gasteiger partial charge is 0.354 e. The molecule has 2 aromatic heterocycles. The molecule has 0 aliphatic rings. The van der Waals surface area contributed by atoms with Gasteiger partial charge in [0.1, 0.15) is 16.9 Å². The molecule has 1 aromatic carbocycles. The molecule has 2 heterocycles. The summed E-state index contributed by atoms with van der Waals surface area (Å²) in [5.74, 6) is 0.209. The Morgan fingerprint density at radius 1 is 1.12 bits per heavy atom. The van der Waals surface area contributed by atoms with Crippen LogP contribution in [0.5, 0.6) is 0 Å². The van der Waals surface area contributed by atoms with Crippen LogP contribution in [0.3, 0.4) is 0 Å². The number of carbonyl (C=O) groups excluding carboxylic acids is 1. The summed E-state index contributed by atoms with van der Waals surface area (Å²) in [7, 11) is -3.31. The van der Waals surface area contributed by atoms with Crippen LogP contribution in [-0.2, 0) is 9.84 Å². The molecule has 0 unspecified atom stereocenters. The molecule has 0 atom stereocenters. The Balaban J connectivity index is 2.14. The summed E-state index contributed by atoms with van der Waals surface area (Å²) < 4.78 is 23.1. The highest BCUT2D eigenvalue weighted by atomic mass is 35.5. The van der Waals surface area contributed by atoms with Crippen molar-refractivity contribution in [3.8, 4) is 0 Å². The molecule has 0 aliphatic carbocycles. The molecular weight excluding hydrogens is 350 g/mol. The molecule has 3 aromatic rings. The highest BCUT2D eigenvalue weighted by Gasteiger charge is 2.21. The van der Waals surface area contributed by atoms with E-state index in [0.717, 1.165) is 6.26 Å². The minimum absolute atomic E-state index is 0.163. The second kappa shape index (κ2) is 5.68. The molecule has 0 spiro atoms. The molecule has 0 saturated heterocycles. The average Bonchev–Trinajstić information content (AvgIpc) is 2.82. The summed E-state index contributed by atoms with van der Waals surface area (Å²) in [5.41, 5.74) is 2.38. The van der Waals surface area contributed by atoms with Gasteiger partial charge in [-0.05, 0) is 38.1 Å². The smallest absolute Gasteiger partial charge is 0.197 e. The van der Waals surface area contributed by atoms with Gasteiger partial charge in [-0.25, -0.2) is 18.4 Å². The molecule has 0 bridgehead atoms. The van der Waals surface area contributed by atoms with Gasteiger partial charge in [-0.15, -0.1) is 0 Å². The van der Waals surface area contributed by atoms with Gasteiger partial charge in [0.25, 0.3) is 0 Å². The molecule has 0 aliphatic heterocycles. The third kappa shape index (κ3) is 2.81. The van der Waals surface area contributed by atoms with E-state index in [1.165, 1.54) is 24.3 Å². The topological polar surface area (TPSA) is 92.8 Å². The first kappa shape index (κ1) is 16.6. The van der Waals surface area contributed by atoms with E-state index in [1.54, 1.807) is 13.8 Å². The van der Waals surface area contributed by atoms with Gasteiger partial charge in [-0.2, -0.15) is 0 Å². The number of carbonyl (C=O) groups is 1. The van der Waals surface area contributed by atoms with E-state index in [1.807, 2.05) is 0 Å². The van der Waals surface area contributed by atoms with Gasteiger partial charge in [0.2, 0.25) is 0 Å². The Morgan fingerprint density at radius 3 is 2.33 bits per heavy atom. The summed E-state index contributed by atoms with van der Waals surface area (Å²) in [6.45, 7) is 3.45. The van der Waals surface area contributed by atoms with Crippen molar-refractivity contribution >= 4 is 38.3 Å². The van der Waals surface area contributed by atoms with Crippen molar-refractivity contribution in [2.45, 2.75) is 18.7 Å². The van der Waals surface area contributed by atoms with Crippen molar-refractivity contribution in [3.05, 3.63) is 52.1 Å². The standard InChI is InChI=1S/C16H14ClN3O3S/c1-8-12(13-14(18-8)16(17)20-9(2)19-13)15(21)10-4-6-11(7-5-10)24(3,22)23/h4-7,18H,1-3H3. The van der Waals surface area contributed by atoms with Gasteiger partial charge in [0, 0.05) is 17.5 Å². The number of H-pyrrole nitrogens is 1. The van der Waals surface area contributed by atoms with E-state index < -0.39 is 9.84 Å². The quantitative estimate of drug-likeness (QED) is 0.570. The van der Waals surface area contributed by atoms with Crippen LogP contribution in [0, 0.1) is 13.8 Å². The van der Waals surface area contributed by atoms with Crippen LogP contribution < -0.4 is 0 Å². The van der Waals surface area contributed by atoms with E-state index >= 15 is 0 Å². The molecule has 1 N–H and O–H groups in total. The Hall–Kier alpha value is -2.25. The Bertz CT molecular complexity index is 1070. The molecule has 8 heteroatoms. The minimum Gasteiger partial charge on any atom is -0.354 e. The molecule has 0 radical (unpaired) electrons. The van der Waals surface area contributed by atoms with E-state index in [4.69, 9.17) is 11.6 Å². The maximum Gasteiger partial charge on any atom is 0.197 e. The number of aromatic amines is 1. The highest BCUT2D eigenvalue weighted by Crippen LogP contribution is 2.27. The fraction of sp³-hybridized carbons (Fsp3) is 0.188. The van der Waals surface area contributed by atoms with E-state index in [2.05, 4.69) is 15.0 Å². The number of aryl methyl sites for hydroxylation is 2. The molecule has 24 heavy (non-hydrogen) atoms. The lowest BCUT2D eigenvalue weighted by atomic mass is 10.0. The normalized spacial score (nSPS) is 11.8. The molecule has 3 rings (SSSR count). The maximum atomic E-state index is 12.9. The first-order valence-corrected chi connectivity index (χ1v) is 9.32.